The maximum atomic E-state index is 11.2. The Morgan fingerprint density at radius 2 is 2.25 bits per heavy atom. The maximum Gasteiger partial charge on any atom is 0.337 e. The van der Waals surface area contributed by atoms with Crippen molar-refractivity contribution in [2.24, 2.45) is 0 Å². The number of benzene rings is 1. The molecule has 0 aliphatic carbocycles. The largest absolute Gasteiger partial charge is 0.479 e. The van der Waals surface area contributed by atoms with Crippen LogP contribution in [0.3, 0.4) is 0 Å². The number of carboxylic acid groups (broad SMARTS) is 1. The molecule has 0 bridgehead atoms. The molecule has 1 aliphatic heterocycles. The molecule has 0 amide bonds. The smallest absolute Gasteiger partial charge is 0.337 e. The molecule has 3 atom stereocenters. The van der Waals surface area contributed by atoms with Crippen LogP contribution in [0.4, 0.5) is 0 Å². The number of carboxylic acids is 1. The Hall–Kier alpha value is -1.43. The minimum absolute atomic E-state index is 0.185. The SMILES string of the molecule is COC1CC(c2cccc(C(OC)C(=O)O)c2)CCO1. The lowest BCUT2D eigenvalue weighted by molar-refractivity contribution is -0.150. The van der Waals surface area contributed by atoms with E-state index in [2.05, 4.69) is 0 Å². The summed E-state index contributed by atoms with van der Waals surface area (Å²) in [7, 11) is 3.04. The van der Waals surface area contributed by atoms with Crippen LogP contribution in [0.1, 0.15) is 36.0 Å². The van der Waals surface area contributed by atoms with Gasteiger partial charge in [-0.1, -0.05) is 24.3 Å². The number of hydrogen-bond donors (Lipinski definition) is 1. The highest BCUT2D eigenvalue weighted by molar-refractivity contribution is 5.74. The Morgan fingerprint density at radius 1 is 1.45 bits per heavy atom. The van der Waals surface area contributed by atoms with Gasteiger partial charge in [0.2, 0.25) is 0 Å². The highest BCUT2D eigenvalue weighted by Crippen LogP contribution is 2.32. The highest BCUT2D eigenvalue weighted by atomic mass is 16.7. The zero-order valence-corrected chi connectivity index (χ0v) is 11.7. The zero-order chi connectivity index (χ0) is 14.5. The lowest BCUT2D eigenvalue weighted by atomic mass is 9.89. The van der Waals surface area contributed by atoms with Crippen molar-refractivity contribution in [3.05, 3.63) is 35.4 Å². The first-order chi connectivity index (χ1) is 9.65. The van der Waals surface area contributed by atoms with Gasteiger partial charge in [-0.25, -0.2) is 4.79 Å². The third kappa shape index (κ3) is 3.36. The summed E-state index contributed by atoms with van der Waals surface area (Å²) < 4.78 is 15.7. The number of hydrogen-bond acceptors (Lipinski definition) is 4. The summed E-state index contributed by atoms with van der Waals surface area (Å²) in [4.78, 5) is 11.2. The van der Waals surface area contributed by atoms with Crippen LogP contribution >= 0.6 is 0 Å². The fourth-order valence-electron chi connectivity index (χ4n) is 2.58. The number of aliphatic carboxylic acids is 1. The second-order valence-electron chi connectivity index (χ2n) is 4.88. The third-order valence-corrected chi connectivity index (χ3v) is 3.65. The van der Waals surface area contributed by atoms with Crippen LogP contribution in [0.15, 0.2) is 24.3 Å². The second-order valence-corrected chi connectivity index (χ2v) is 4.88. The Labute approximate surface area is 118 Å². The molecule has 1 aromatic carbocycles. The molecule has 110 valence electrons. The van der Waals surface area contributed by atoms with Crippen molar-refractivity contribution in [1.82, 2.24) is 0 Å². The lowest BCUT2D eigenvalue weighted by Gasteiger charge is -2.29. The van der Waals surface area contributed by atoms with E-state index in [9.17, 15) is 4.79 Å². The number of rotatable bonds is 5. The summed E-state index contributed by atoms with van der Waals surface area (Å²) >= 11 is 0. The topological polar surface area (TPSA) is 65.0 Å². The van der Waals surface area contributed by atoms with Gasteiger partial charge in [0.05, 0.1) is 6.61 Å². The van der Waals surface area contributed by atoms with Gasteiger partial charge in [-0.3, -0.25) is 0 Å². The molecule has 0 aromatic heterocycles. The molecular formula is C15H20O5. The first-order valence-corrected chi connectivity index (χ1v) is 6.65. The highest BCUT2D eigenvalue weighted by Gasteiger charge is 2.25. The Kier molecular flexibility index (Phi) is 5.11. The molecule has 1 N–H and O–H groups in total. The van der Waals surface area contributed by atoms with E-state index in [-0.39, 0.29) is 6.29 Å². The molecule has 1 saturated heterocycles. The van der Waals surface area contributed by atoms with Gasteiger partial charge in [0.25, 0.3) is 0 Å². The molecule has 0 radical (unpaired) electrons. The summed E-state index contributed by atoms with van der Waals surface area (Å²) in [5.41, 5.74) is 1.77. The zero-order valence-electron chi connectivity index (χ0n) is 11.7. The van der Waals surface area contributed by atoms with Crippen molar-refractivity contribution in [3.8, 4) is 0 Å². The van der Waals surface area contributed by atoms with Crippen molar-refractivity contribution >= 4 is 5.97 Å². The van der Waals surface area contributed by atoms with E-state index in [1.54, 1.807) is 13.2 Å². The molecule has 20 heavy (non-hydrogen) atoms. The Bertz CT molecular complexity index is 459. The van der Waals surface area contributed by atoms with Gasteiger partial charge < -0.3 is 19.3 Å². The van der Waals surface area contributed by atoms with Gasteiger partial charge >= 0.3 is 5.97 Å². The molecule has 3 unspecified atom stereocenters. The second kappa shape index (κ2) is 6.83. The number of methoxy groups -OCH3 is 2. The normalized spacial score (nSPS) is 24.3. The van der Waals surface area contributed by atoms with Crippen molar-refractivity contribution in [2.75, 3.05) is 20.8 Å². The van der Waals surface area contributed by atoms with Crippen LogP contribution in [0.25, 0.3) is 0 Å². The van der Waals surface area contributed by atoms with Gasteiger partial charge in [0.1, 0.15) is 0 Å². The molecule has 1 aliphatic rings. The number of carbonyl (C=O) groups is 1. The van der Waals surface area contributed by atoms with Crippen molar-refractivity contribution in [3.63, 3.8) is 0 Å². The summed E-state index contributed by atoms with van der Waals surface area (Å²) in [6.07, 6.45) is 0.585. The van der Waals surface area contributed by atoms with Gasteiger partial charge in [-0.15, -0.1) is 0 Å². The van der Waals surface area contributed by atoms with E-state index in [1.165, 1.54) is 7.11 Å². The fraction of sp³-hybridized carbons (Fsp3) is 0.533. The predicted molar refractivity (Wildman–Crippen MR) is 72.6 cm³/mol. The molecule has 1 aromatic rings. The first-order valence-electron chi connectivity index (χ1n) is 6.65. The van der Waals surface area contributed by atoms with E-state index in [0.29, 0.717) is 18.1 Å². The average molecular weight is 280 g/mol. The van der Waals surface area contributed by atoms with Crippen molar-refractivity contribution < 1.29 is 24.1 Å². The van der Waals surface area contributed by atoms with Crippen LogP contribution in [0, 0.1) is 0 Å². The van der Waals surface area contributed by atoms with E-state index >= 15 is 0 Å². The van der Waals surface area contributed by atoms with Crippen molar-refractivity contribution in [2.45, 2.75) is 31.2 Å². The van der Waals surface area contributed by atoms with Crippen LogP contribution in [0.2, 0.25) is 0 Å². The van der Waals surface area contributed by atoms with E-state index in [1.807, 2.05) is 18.2 Å². The third-order valence-electron chi connectivity index (χ3n) is 3.65. The van der Waals surface area contributed by atoms with Gasteiger partial charge in [-0.2, -0.15) is 0 Å². The quantitative estimate of drug-likeness (QED) is 0.896. The van der Waals surface area contributed by atoms with Crippen LogP contribution in [-0.4, -0.2) is 38.2 Å². The number of ether oxygens (including phenoxy) is 3. The minimum Gasteiger partial charge on any atom is -0.479 e. The van der Waals surface area contributed by atoms with Crippen LogP contribution < -0.4 is 0 Å². The molecule has 5 nitrogen and oxygen atoms in total. The van der Waals surface area contributed by atoms with E-state index in [0.717, 1.165) is 18.4 Å². The Balaban J connectivity index is 2.18. The lowest BCUT2D eigenvalue weighted by Crippen LogP contribution is -2.26. The molecule has 0 spiro atoms. The summed E-state index contributed by atoms with van der Waals surface area (Å²) in [6.45, 7) is 0.653. The van der Waals surface area contributed by atoms with Crippen molar-refractivity contribution in [1.29, 1.82) is 0 Å². The molecular weight excluding hydrogens is 260 g/mol. The van der Waals surface area contributed by atoms with Crippen LogP contribution in [0.5, 0.6) is 0 Å². The molecule has 1 heterocycles. The first kappa shape index (κ1) is 15.0. The molecule has 0 saturated carbocycles. The summed E-state index contributed by atoms with van der Waals surface area (Å²) in [5, 5.41) is 9.14. The molecule has 5 heteroatoms. The molecule has 2 rings (SSSR count). The predicted octanol–water partition coefficient (Wildman–Crippen LogP) is 2.33. The summed E-state index contributed by atoms with van der Waals surface area (Å²) in [5.74, 6) is -0.661. The van der Waals surface area contributed by atoms with Crippen LogP contribution in [-0.2, 0) is 19.0 Å². The molecule has 1 fully saturated rings. The summed E-state index contributed by atoms with van der Waals surface area (Å²) in [6, 6.07) is 7.57. The minimum atomic E-state index is -0.980. The van der Waals surface area contributed by atoms with E-state index in [4.69, 9.17) is 19.3 Å². The van der Waals surface area contributed by atoms with Gasteiger partial charge in [0, 0.05) is 20.6 Å². The average Bonchev–Trinajstić information content (AvgIpc) is 2.48. The maximum absolute atomic E-state index is 11.2. The van der Waals surface area contributed by atoms with E-state index < -0.39 is 12.1 Å². The monoisotopic (exact) mass is 280 g/mol. The standard InChI is InChI=1S/C15H20O5/c1-18-13-9-11(6-7-20-13)10-4-3-5-12(8-10)14(19-2)15(16)17/h3-5,8,11,13-14H,6-7,9H2,1-2H3,(H,16,17). The van der Waals surface area contributed by atoms with Gasteiger partial charge in [0.15, 0.2) is 12.4 Å². The Morgan fingerprint density at radius 3 is 2.90 bits per heavy atom. The van der Waals surface area contributed by atoms with Gasteiger partial charge in [-0.05, 0) is 23.5 Å². The fourth-order valence-corrected chi connectivity index (χ4v) is 2.58.